The third-order valence-corrected chi connectivity index (χ3v) is 3.41. The lowest BCUT2D eigenvalue weighted by Crippen LogP contribution is -2.90. The Morgan fingerprint density at radius 3 is 2.50 bits per heavy atom. The van der Waals surface area contributed by atoms with E-state index in [1.54, 1.807) is 0 Å². The number of hydrogen-bond donors (Lipinski definition) is 1. The van der Waals surface area contributed by atoms with Gasteiger partial charge in [-0.3, -0.25) is 4.79 Å². The van der Waals surface area contributed by atoms with Crippen LogP contribution in [-0.4, -0.2) is 18.4 Å². The Hall–Kier alpha value is -1.15. The lowest BCUT2D eigenvalue weighted by Gasteiger charge is -2.07. The molecule has 0 aromatic heterocycles. The van der Waals surface area contributed by atoms with Crippen molar-refractivity contribution in [3.8, 4) is 0 Å². The van der Waals surface area contributed by atoms with Gasteiger partial charge in [0.1, 0.15) is 6.54 Å². The van der Waals surface area contributed by atoms with Crippen LogP contribution in [0.4, 0.5) is 0 Å². The summed E-state index contributed by atoms with van der Waals surface area (Å²) in [5.74, 6) is 0.256. The van der Waals surface area contributed by atoms with E-state index in [0.29, 0.717) is 12.6 Å². The first kappa shape index (κ1) is 11.3. The van der Waals surface area contributed by atoms with Crippen LogP contribution >= 0.6 is 0 Å². The molecule has 0 aliphatic heterocycles. The highest BCUT2D eigenvalue weighted by atomic mass is 16.1. The van der Waals surface area contributed by atoms with E-state index in [1.807, 2.05) is 31.2 Å². The number of benzene rings is 1. The van der Waals surface area contributed by atoms with Gasteiger partial charge in [-0.2, -0.15) is 0 Å². The molecule has 1 aliphatic rings. The first-order chi connectivity index (χ1) is 7.75. The van der Waals surface area contributed by atoms with Gasteiger partial charge in [-0.25, -0.2) is 0 Å². The van der Waals surface area contributed by atoms with Crippen LogP contribution in [0.5, 0.6) is 0 Å². The Labute approximate surface area is 97.1 Å². The molecule has 1 aromatic carbocycles. The molecule has 0 bridgehead atoms. The summed E-state index contributed by atoms with van der Waals surface area (Å²) in [7, 11) is 0. The van der Waals surface area contributed by atoms with Gasteiger partial charge in [0, 0.05) is 5.56 Å². The van der Waals surface area contributed by atoms with E-state index in [4.69, 9.17) is 0 Å². The monoisotopic (exact) mass is 218 g/mol. The van der Waals surface area contributed by atoms with Crippen molar-refractivity contribution in [3.63, 3.8) is 0 Å². The Balaban J connectivity index is 1.85. The van der Waals surface area contributed by atoms with Gasteiger partial charge < -0.3 is 5.32 Å². The topological polar surface area (TPSA) is 33.7 Å². The van der Waals surface area contributed by atoms with Crippen molar-refractivity contribution in [2.45, 2.75) is 38.6 Å². The zero-order valence-electron chi connectivity index (χ0n) is 9.91. The fourth-order valence-electron chi connectivity index (χ4n) is 2.32. The van der Waals surface area contributed by atoms with Crippen molar-refractivity contribution in [2.75, 3.05) is 6.54 Å². The number of nitrogens with two attached hydrogens (primary N) is 1. The van der Waals surface area contributed by atoms with Gasteiger partial charge in [0.2, 0.25) is 5.78 Å². The molecule has 0 radical (unpaired) electrons. The molecule has 0 saturated heterocycles. The molecule has 0 atom stereocenters. The molecule has 2 N–H and O–H groups in total. The highest BCUT2D eigenvalue weighted by molar-refractivity contribution is 5.96. The van der Waals surface area contributed by atoms with E-state index in [9.17, 15) is 4.79 Å². The van der Waals surface area contributed by atoms with E-state index in [2.05, 4.69) is 5.32 Å². The number of hydrogen-bond acceptors (Lipinski definition) is 1. The Bertz CT molecular complexity index is 350. The number of Topliss-reactive ketones (excluding diaryl/α,β-unsaturated/α-hetero) is 1. The SMILES string of the molecule is Cc1ccc(C(=O)C[NH2+]C2CCCC2)cc1. The van der Waals surface area contributed by atoms with Crippen LogP contribution < -0.4 is 5.32 Å². The molecule has 0 spiro atoms. The summed E-state index contributed by atoms with van der Waals surface area (Å²) >= 11 is 0. The minimum atomic E-state index is 0.256. The summed E-state index contributed by atoms with van der Waals surface area (Å²) in [6.45, 7) is 2.65. The van der Waals surface area contributed by atoms with Gasteiger partial charge in [-0.1, -0.05) is 29.8 Å². The molecule has 2 heteroatoms. The van der Waals surface area contributed by atoms with Crippen molar-refractivity contribution >= 4 is 5.78 Å². The molecule has 1 aliphatic carbocycles. The van der Waals surface area contributed by atoms with E-state index in [0.717, 1.165) is 5.56 Å². The molecule has 0 heterocycles. The van der Waals surface area contributed by atoms with Crippen molar-refractivity contribution in [2.24, 2.45) is 0 Å². The van der Waals surface area contributed by atoms with Crippen LogP contribution in [0.15, 0.2) is 24.3 Å². The summed E-state index contributed by atoms with van der Waals surface area (Å²) in [5, 5.41) is 2.22. The predicted octanol–water partition coefficient (Wildman–Crippen LogP) is 1.68. The molecule has 1 aromatic rings. The number of carbonyl (C=O) groups is 1. The van der Waals surface area contributed by atoms with E-state index >= 15 is 0 Å². The Kier molecular flexibility index (Phi) is 3.73. The number of ketones is 1. The highest BCUT2D eigenvalue weighted by Crippen LogP contribution is 2.14. The minimum Gasteiger partial charge on any atom is -0.337 e. The third-order valence-electron chi connectivity index (χ3n) is 3.41. The molecule has 16 heavy (non-hydrogen) atoms. The van der Waals surface area contributed by atoms with E-state index in [-0.39, 0.29) is 5.78 Å². The molecular weight excluding hydrogens is 198 g/mol. The molecule has 86 valence electrons. The Morgan fingerprint density at radius 1 is 1.25 bits per heavy atom. The van der Waals surface area contributed by atoms with Gasteiger partial charge in [-0.15, -0.1) is 0 Å². The van der Waals surface area contributed by atoms with Gasteiger partial charge in [0.15, 0.2) is 0 Å². The molecule has 2 rings (SSSR count). The third kappa shape index (κ3) is 2.92. The maximum absolute atomic E-state index is 11.9. The number of quaternary nitrogens is 1. The van der Waals surface area contributed by atoms with Crippen LogP contribution in [0.3, 0.4) is 0 Å². The first-order valence-electron chi connectivity index (χ1n) is 6.19. The summed E-state index contributed by atoms with van der Waals surface area (Å²) in [5.41, 5.74) is 2.05. The highest BCUT2D eigenvalue weighted by Gasteiger charge is 2.19. The average molecular weight is 218 g/mol. The van der Waals surface area contributed by atoms with Crippen molar-refractivity contribution in [1.29, 1.82) is 0 Å². The second-order valence-electron chi connectivity index (χ2n) is 4.77. The summed E-state index contributed by atoms with van der Waals surface area (Å²) < 4.78 is 0. The molecule has 1 saturated carbocycles. The van der Waals surface area contributed by atoms with Gasteiger partial charge in [-0.05, 0) is 32.6 Å². The summed E-state index contributed by atoms with van der Waals surface area (Å²) in [6.07, 6.45) is 5.22. The maximum Gasteiger partial charge on any atom is 0.216 e. The van der Waals surface area contributed by atoms with Crippen LogP contribution in [0.2, 0.25) is 0 Å². The second kappa shape index (κ2) is 5.26. The average Bonchev–Trinajstić information content (AvgIpc) is 2.80. The van der Waals surface area contributed by atoms with Gasteiger partial charge >= 0.3 is 0 Å². The lowest BCUT2D eigenvalue weighted by atomic mass is 10.1. The zero-order valence-corrected chi connectivity index (χ0v) is 9.91. The quantitative estimate of drug-likeness (QED) is 0.767. The standard InChI is InChI=1S/C14H19NO/c1-11-6-8-12(9-7-11)14(16)10-15-13-4-2-3-5-13/h6-9,13,15H,2-5,10H2,1H3/p+1. The molecule has 1 fully saturated rings. The predicted molar refractivity (Wildman–Crippen MR) is 64.6 cm³/mol. The molecular formula is C14H20NO+. The van der Waals surface area contributed by atoms with E-state index < -0.39 is 0 Å². The van der Waals surface area contributed by atoms with E-state index in [1.165, 1.54) is 31.2 Å². The van der Waals surface area contributed by atoms with Crippen molar-refractivity contribution in [1.82, 2.24) is 0 Å². The van der Waals surface area contributed by atoms with Crippen LogP contribution in [-0.2, 0) is 0 Å². The van der Waals surface area contributed by atoms with Crippen molar-refractivity contribution < 1.29 is 10.1 Å². The summed E-state index contributed by atoms with van der Waals surface area (Å²) in [6, 6.07) is 8.56. The second-order valence-corrected chi connectivity index (χ2v) is 4.77. The summed E-state index contributed by atoms with van der Waals surface area (Å²) in [4.78, 5) is 11.9. The number of rotatable bonds is 4. The lowest BCUT2D eigenvalue weighted by molar-refractivity contribution is -0.676. The Morgan fingerprint density at radius 2 is 1.88 bits per heavy atom. The normalized spacial score (nSPS) is 16.6. The van der Waals surface area contributed by atoms with Crippen LogP contribution in [0.25, 0.3) is 0 Å². The molecule has 0 amide bonds. The molecule has 2 nitrogen and oxygen atoms in total. The van der Waals surface area contributed by atoms with Crippen molar-refractivity contribution in [3.05, 3.63) is 35.4 Å². The van der Waals surface area contributed by atoms with Gasteiger partial charge in [0.05, 0.1) is 6.04 Å². The largest absolute Gasteiger partial charge is 0.337 e. The van der Waals surface area contributed by atoms with Gasteiger partial charge in [0.25, 0.3) is 0 Å². The zero-order chi connectivity index (χ0) is 11.4. The minimum absolute atomic E-state index is 0.256. The van der Waals surface area contributed by atoms with Crippen LogP contribution in [0, 0.1) is 6.92 Å². The maximum atomic E-state index is 11.9. The fraction of sp³-hybridized carbons (Fsp3) is 0.500. The first-order valence-corrected chi connectivity index (χ1v) is 6.19. The fourth-order valence-corrected chi connectivity index (χ4v) is 2.32. The smallest absolute Gasteiger partial charge is 0.216 e. The number of aryl methyl sites for hydroxylation is 1. The number of carbonyl (C=O) groups excluding carboxylic acids is 1. The molecule has 0 unspecified atom stereocenters. The van der Waals surface area contributed by atoms with Crippen LogP contribution in [0.1, 0.15) is 41.6 Å².